The molecule has 1 N–H and O–H groups in total. The number of unbranched alkanes of at least 4 members (excludes halogenated alkanes) is 3. The van der Waals surface area contributed by atoms with Gasteiger partial charge in [-0.15, -0.1) is 0 Å². The summed E-state index contributed by atoms with van der Waals surface area (Å²) in [6.45, 7) is 1.64. The minimum absolute atomic E-state index is 0.0140. The molecule has 0 unspecified atom stereocenters. The summed E-state index contributed by atoms with van der Waals surface area (Å²) in [7, 11) is 0. The minimum atomic E-state index is -6.66. The predicted octanol–water partition coefficient (Wildman–Crippen LogP) is 5.56. The Bertz CT molecular complexity index is 375. The highest BCUT2D eigenvalue weighted by atomic mass is 19.4. The lowest BCUT2D eigenvalue weighted by molar-refractivity contribution is -0.370. The van der Waals surface area contributed by atoms with Crippen LogP contribution in [0.25, 0.3) is 0 Å². The van der Waals surface area contributed by atoms with Gasteiger partial charge in [0.1, 0.15) is 0 Å². The fourth-order valence-electron chi connectivity index (χ4n) is 1.51. The van der Waals surface area contributed by atoms with Gasteiger partial charge in [-0.25, -0.2) is 0 Å². The Morgan fingerprint density at radius 1 is 0.652 bits per heavy atom. The first-order valence-electron chi connectivity index (χ1n) is 6.39. The molecule has 0 aliphatic rings. The number of hydrogen-bond donors (Lipinski definition) is 1. The molecule has 0 aromatic carbocycles. The molecule has 0 heterocycles. The first-order valence-corrected chi connectivity index (χ1v) is 6.39. The Balaban J connectivity index is 5.20. The quantitative estimate of drug-likeness (QED) is 0.319. The maximum absolute atomic E-state index is 13.2. The summed E-state index contributed by atoms with van der Waals surface area (Å²) in [6.07, 6.45) is -8.24. The van der Waals surface area contributed by atoms with E-state index in [0.717, 1.165) is 0 Å². The maximum atomic E-state index is 13.2. The zero-order valence-corrected chi connectivity index (χ0v) is 11.7. The van der Waals surface area contributed by atoms with Gasteiger partial charge in [-0.1, -0.05) is 26.2 Å². The molecule has 0 saturated heterocycles. The van der Waals surface area contributed by atoms with Gasteiger partial charge in [0.15, 0.2) is 0 Å². The van der Waals surface area contributed by atoms with Crippen molar-refractivity contribution in [3.05, 3.63) is 0 Å². The summed E-state index contributed by atoms with van der Waals surface area (Å²) in [5.41, 5.74) is 0. The van der Waals surface area contributed by atoms with E-state index in [1.54, 1.807) is 6.92 Å². The summed E-state index contributed by atoms with van der Waals surface area (Å²) < 4.78 is 139. The first kappa shape index (κ1) is 22.2. The molecule has 0 bridgehead atoms. The molecule has 0 saturated carbocycles. The van der Waals surface area contributed by atoms with Crippen molar-refractivity contribution in [2.75, 3.05) is 0 Å². The zero-order chi connectivity index (χ0) is 18.7. The van der Waals surface area contributed by atoms with Crippen LogP contribution in [0.15, 0.2) is 0 Å². The average Bonchev–Trinajstić information content (AvgIpc) is 2.31. The SMILES string of the molecule is CCCCCCC(F)(F)C(F)(F)C(F)(F)NC(F)(F)C(F)(F)F. The lowest BCUT2D eigenvalue weighted by Gasteiger charge is -2.35. The number of nitrogens with one attached hydrogen (secondary N) is 1. The highest BCUT2D eigenvalue weighted by molar-refractivity contribution is 4.97. The van der Waals surface area contributed by atoms with Gasteiger partial charge < -0.3 is 0 Å². The van der Waals surface area contributed by atoms with E-state index in [1.807, 2.05) is 0 Å². The van der Waals surface area contributed by atoms with Crippen molar-refractivity contribution in [1.82, 2.24) is 5.32 Å². The van der Waals surface area contributed by atoms with Gasteiger partial charge in [-0.2, -0.15) is 53.6 Å². The molecule has 0 fully saturated rings. The van der Waals surface area contributed by atoms with Crippen LogP contribution in [0.1, 0.15) is 39.0 Å². The molecule has 0 atom stereocenters. The van der Waals surface area contributed by atoms with Gasteiger partial charge in [0.05, 0.1) is 0 Å². The predicted molar refractivity (Wildman–Crippen MR) is 57.7 cm³/mol. The minimum Gasteiger partial charge on any atom is -0.200 e. The molecule has 0 aliphatic heterocycles. The standard InChI is InChI=1S/C11H14F11N/c1-2-3-4-5-6-7(12,13)8(14,15)10(19,20)23-11(21,22)9(16,17)18/h23H,2-6H2,1H3. The topological polar surface area (TPSA) is 12.0 Å². The van der Waals surface area contributed by atoms with E-state index in [9.17, 15) is 48.3 Å². The lowest BCUT2D eigenvalue weighted by atomic mass is 10.0. The van der Waals surface area contributed by atoms with E-state index in [2.05, 4.69) is 0 Å². The molecule has 0 spiro atoms. The van der Waals surface area contributed by atoms with Gasteiger partial charge in [0.2, 0.25) is 0 Å². The van der Waals surface area contributed by atoms with E-state index in [-0.39, 0.29) is 6.42 Å². The molecule has 140 valence electrons. The second kappa shape index (κ2) is 6.98. The molecule has 0 amide bonds. The average molecular weight is 369 g/mol. The first-order chi connectivity index (χ1) is 10.0. The van der Waals surface area contributed by atoms with E-state index in [4.69, 9.17) is 0 Å². The second-order valence-corrected chi connectivity index (χ2v) is 4.86. The largest absolute Gasteiger partial charge is 0.469 e. The Labute approximate surface area is 124 Å². The van der Waals surface area contributed by atoms with Crippen LogP contribution in [0.2, 0.25) is 0 Å². The number of halogens is 11. The maximum Gasteiger partial charge on any atom is 0.469 e. The fraction of sp³-hybridized carbons (Fsp3) is 1.00. The summed E-state index contributed by atoms with van der Waals surface area (Å²) in [5.74, 6) is -11.9. The molecular weight excluding hydrogens is 355 g/mol. The molecule has 0 radical (unpaired) electrons. The van der Waals surface area contributed by atoms with Gasteiger partial charge in [-0.05, 0) is 6.42 Å². The molecule has 0 aromatic heterocycles. The third kappa shape index (κ3) is 5.08. The highest BCUT2D eigenvalue weighted by Crippen LogP contribution is 2.49. The van der Waals surface area contributed by atoms with E-state index in [1.165, 1.54) is 0 Å². The van der Waals surface area contributed by atoms with Crippen LogP contribution in [0.4, 0.5) is 48.3 Å². The summed E-state index contributed by atoms with van der Waals surface area (Å²) in [6, 6.07) is -13.0. The van der Waals surface area contributed by atoms with Gasteiger partial charge >= 0.3 is 30.1 Å². The Kier molecular flexibility index (Phi) is 6.73. The van der Waals surface area contributed by atoms with Crippen molar-refractivity contribution in [3.8, 4) is 0 Å². The van der Waals surface area contributed by atoms with Crippen molar-refractivity contribution in [2.24, 2.45) is 0 Å². The number of rotatable bonds is 9. The Hall–Kier alpha value is -0.810. The van der Waals surface area contributed by atoms with Gasteiger partial charge in [0.25, 0.3) is 0 Å². The molecule has 0 rings (SSSR count). The van der Waals surface area contributed by atoms with Crippen molar-refractivity contribution >= 4 is 0 Å². The third-order valence-electron chi connectivity index (χ3n) is 2.87. The van der Waals surface area contributed by atoms with E-state index < -0.39 is 48.3 Å². The summed E-state index contributed by atoms with van der Waals surface area (Å²) >= 11 is 0. The monoisotopic (exact) mass is 369 g/mol. The smallest absolute Gasteiger partial charge is 0.200 e. The number of hydrogen-bond acceptors (Lipinski definition) is 1. The summed E-state index contributed by atoms with van der Waals surface area (Å²) in [4.78, 5) is 0. The van der Waals surface area contributed by atoms with Crippen LogP contribution in [0, 0.1) is 0 Å². The second-order valence-electron chi connectivity index (χ2n) is 4.86. The van der Waals surface area contributed by atoms with Crippen LogP contribution in [-0.2, 0) is 0 Å². The zero-order valence-electron chi connectivity index (χ0n) is 11.7. The Morgan fingerprint density at radius 3 is 1.52 bits per heavy atom. The van der Waals surface area contributed by atoms with Crippen LogP contribution < -0.4 is 5.32 Å². The third-order valence-corrected chi connectivity index (χ3v) is 2.87. The molecule has 12 heteroatoms. The van der Waals surface area contributed by atoms with Crippen LogP contribution in [0.5, 0.6) is 0 Å². The molecule has 0 aromatic rings. The van der Waals surface area contributed by atoms with Crippen LogP contribution in [0.3, 0.4) is 0 Å². The Morgan fingerprint density at radius 2 is 1.13 bits per heavy atom. The van der Waals surface area contributed by atoms with Crippen molar-refractivity contribution < 1.29 is 48.3 Å². The number of alkyl halides is 11. The van der Waals surface area contributed by atoms with Gasteiger partial charge in [-0.3, -0.25) is 0 Å². The fourth-order valence-corrected chi connectivity index (χ4v) is 1.51. The molecular formula is C11H14F11N. The van der Waals surface area contributed by atoms with Crippen molar-refractivity contribution in [2.45, 2.75) is 69.1 Å². The van der Waals surface area contributed by atoms with Gasteiger partial charge in [0, 0.05) is 6.42 Å². The van der Waals surface area contributed by atoms with Crippen molar-refractivity contribution in [1.29, 1.82) is 0 Å². The molecule has 1 nitrogen and oxygen atoms in total. The van der Waals surface area contributed by atoms with Crippen LogP contribution >= 0.6 is 0 Å². The molecule has 23 heavy (non-hydrogen) atoms. The van der Waals surface area contributed by atoms with E-state index >= 15 is 0 Å². The lowest BCUT2D eigenvalue weighted by Crippen LogP contribution is -2.67. The van der Waals surface area contributed by atoms with E-state index in [0.29, 0.717) is 12.8 Å². The highest BCUT2D eigenvalue weighted by Gasteiger charge is 2.75. The van der Waals surface area contributed by atoms with Crippen molar-refractivity contribution in [3.63, 3.8) is 0 Å². The normalized spacial score (nSPS) is 15.1. The molecule has 0 aliphatic carbocycles. The van der Waals surface area contributed by atoms with Crippen LogP contribution in [-0.4, -0.2) is 30.1 Å². The summed E-state index contributed by atoms with van der Waals surface area (Å²) in [5, 5.41) is -1.00.